The summed E-state index contributed by atoms with van der Waals surface area (Å²) in [6.07, 6.45) is 7.45. The molecule has 130 valence electrons. The summed E-state index contributed by atoms with van der Waals surface area (Å²) < 4.78 is 10.5. The third-order valence-corrected chi connectivity index (χ3v) is 4.27. The third-order valence-electron chi connectivity index (χ3n) is 4.27. The van der Waals surface area contributed by atoms with Crippen molar-refractivity contribution in [3.8, 4) is 0 Å². The molecule has 5 heteroatoms. The average molecular weight is 339 g/mol. The second kappa shape index (κ2) is 7.38. The van der Waals surface area contributed by atoms with Crippen molar-refractivity contribution in [2.75, 3.05) is 13.2 Å². The van der Waals surface area contributed by atoms with Crippen LogP contribution in [0.3, 0.4) is 0 Å². The van der Waals surface area contributed by atoms with E-state index in [9.17, 15) is 9.59 Å². The number of carbonyl (C=O) groups excluding carboxylic acids is 2. The number of benzene rings is 1. The lowest BCUT2D eigenvalue weighted by molar-refractivity contribution is -0.151. The van der Waals surface area contributed by atoms with Gasteiger partial charge in [0.05, 0.1) is 30.5 Å². The lowest BCUT2D eigenvalue weighted by Gasteiger charge is -2.29. The van der Waals surface area contributed by atoms with Gasteiger partial charge < -0.3 is 14.4 Å². The van der Waals surface area contributed by atoms with E-state index in [2.05, 4.69) is 0 Å². The van der Waals surface area contributed by atoms with Crippen LogP contribution in [0, 0.1) is 5.92 Å². The molecule has 2 aliphatic rings. The van der Waals surface area contributed by atoms with Gasteiger partial charge in [-0.25, -0.2) is 4.79 Å². The Morgan fingerprint density at radius 3 is 2.44 bits per heavy atom. The molecule has 0 radical (unpaired) electrons. The summed E-state index contributed by atoms with van der Waals surface area (Å²) in [5.74, 6) is -1.62. The summed E-state index contributed by atoms with van der Waals surface area (Å²) in [6.45, 7) is 4.02. The van der Waals surface area contributed by atoms with Crippen LogP contribution in [0.2, 0.25) is 0 Å². The highest BCUT2D eigenvalue weighted by molar-refractivity contribution is 5.98. The number of fused-ring (bicyclic) bond motifs is 1. The molecule has 0 bridgehead atoms. The van der Waals surface area contributed by atoms with Crippen molar-refractivity contribution in [2.45, 2.75) is 19.9 Å². The van der Waals surface area contributed by atoms with Gasteiger partial charge in [0.25, 0.3) is 0 Å². The summed E-state index contributed by atoms with van der Waals surface area (Å²) >= 11 is 0. The van der Waals surface area contributed by atoms with E-state index >= 15 is 0 Å². The molecular weight excluding hydrogens is 318 g/mol. The Kier molecular flexibility index (Phi) is 5.03. The standard InChI is InChI=1S/C20H21NO4/c1-3-24-19(22)16-15-12-8-9-13-21(15)18(14-10-6-5-7-11-14)17(16)20(23)25-4-2/h5-13,17-18H,3-4H2,1-2H3. The molecule has 0 spiro atoms. The molecule has 1 aromatic rings. The number of hydrogen-bond donors (Lipinski definition) is 0. The first-order chi connectivity index (χ1) is 12.2. The smallest absolute Gasteiger partial charge is 0.337 e. The molecule has 0 aliphatic carbocycles. The molecule has 25 heavy (non-hydrogen) atoms. The molecule has 2 aliphatic heterocycles. The molecule has 0 fully saturated rings. The molecule has 5 nitrogen and oxygen atoms in total. The first-order valence-corrected chi connectivity index (χ1v) is 8.45. The minimum absolute atomic E-state index is 0.251. The molecule has 3 rings (SSSR count). The largest absolute Gasteiger partial charge is 0.465 e. The van der Waals surface area contributed by atoms with Gasteiger partial charge in [0.15, 0.2) is 0 Å². The zero-order chi connectivity index (χ0) is 17.8. The van der Waals surface area contributed by atoms with Crippen LogP contribution in [-0.2, 0) is 19.1 Å². The van der Waals surface area contributed by atoms with E-state index in [-0.39, 0.29) is 19.3 Å². The predicted octanol–water partition coefficient (Wildman–Crippen LogP) is 3.12. The predicted molar refractivity (Wildman–Crippen MR) is 93.1 cm³/mol. The van der Waals surface area contributed by atoms with Gasteiger partial charge in [0, 0.05) is 6.20 Å². The Hall–Kier alpha value is -2.82. The van der Waals surface area contributed by atoms with Crippen molar-refractivity contribution in [3.05, 3.63) is 71.6 Å². The van der Waals surface area contributed by atoms with E-state index in [0.717, 1.165) is 5.56 Å². The summed E-state index contributed by atoms with van der Waals surface area (Å²) in [7, 11) is 0. The van der Waals surface area contributed by atoms with E-state index < -0.39 is 17.9 Å². The molecule has 0 amide bonds. The van der Waals surface area contributed by atoms with Crippen molar-refractivity contribution in [1.82, 2.24) is 4.90 Å². The first kappa shape index (κ1) is 17.0. The van der Waals surface area contributed by atoms with Crippen molar-refractivity contribution in [3.63, 3.8) is 0 Å². The first-order valence-electron chi connectivity index (χ1n) is 8.45. The molecule has 0 saturated heterocycles. The Morgan fingerprint density at radius 2 is 1.76 bits per heavy atom. The van der Waals surface area contributed by atoms with Crippen LogP contribution in [0.5, 0.6) is 0 Å². The van der Waals surface area contributed by atoms with Gasteiger partial charge in [-0.2, -0.15) is 0 Å². The zero-order valence-electron chi connectivity index (χ0n) is 14.3. The summed E-state index contributed by atoms with van der Waals surface area (Å²) in [6, 6.07) is 9.33. The van der Waals surface area contributed by atoms with Crippen LogP contribution < -0.4 is 0 Å². The van der Waals surface area contributed by atoms with Gasteiger partial charge in [-0.3, -0.25) is 4.79 Å². The summed E-state index contributed by atoms with van der Waals surface area (Å²) in [4.78, 5) is 27.3. The summed E-state index contributed by atoms with van der Waals surface area (Å²) in [5, 5.41) is 0. The minimum atomic E-state index is -0.733. The Balaban J connectivity index is 2.12. The van der Waals surface area contributed by atoms with Crippen molar-refractivity contribution in [2.24, 2.45) is 5.92 Å². The van der Waals surface area contributed by atoms with Crippen LogP contribution in [0.1, 0.15) is 25.5 Å². The molecule has 2 atom stereocenters. The van der Waals surface area contributed by atoms with Crippen LogP contribution in [0.15, 0.2) is 66.0 Å². The topological polar surface area (TPSA) is 55.8 Å². The Bertz CT molecular complexity index is 748. The van der Waals surface area contributed by atoms with E-state index in [1.807, 2.05) is 59.7 Å². The quantitative estimate of drug-likeness (QED) is 0.772. The molecule has 2 heterocycles. The van der Waals surface area contributed by atoms with Gasteiger partial charge in [-0.1, -0.05) is 36.4 Å². The van der Waals surface area contributed by atoms with Gasteiger partial charge in [-0.15, -0.1) is 0 Å². The van der Waals surface area contributed by atoms with E-state index in [1.54, 1.807) is 13.8 Å². The van der Waals surface area contributed by atoms with Gasteiger partial charge in [-0.05, 0) is 31.6 Å². The summed E-state index contributed by atoms with van der Waals surface area (Å²) in [5.41, 5.74) is 1.99. The number of rotatable bonds is 5. The molecular formula is C20H21NO4. The fraction of sp³-hybridized carbons (Fsp3) is 0.300. The van der Waals surface area contributed by atoms with Crippen molar-refractivity contribution >= 4 is 11.9 Å². The monoisotopic (exact) mass is 339 g/mol. The highest BCUT2D eigenvalue weighted by atomic mass is 16.5. The van der Waals surface area contributed by atoms with Crippen LogP contribution in [0.25, 0.3) is 0 Å². The maximum atomic E-state index is 12.8. The lowest BCUT2D eigenvalue weighted by Crippen LogP contribution is -2.30. The second-order valence-electron chi connectivity index (χ2n) is 5.71. The van der Waals surface area contributed by atoms with E-state index in [4.69, 9.17) is 9.47 Å². The SMILES string of the molecule is CCOC(=O)C1=C2C=CC=CN2C(c2ccccc2)C1C(=O)OCC. The fourth-order valence-electron chi connectivity index (χ4n) is 3.33. The lowest BCUT2D eigenvalue weighted by atomic mass is 9.89. The number of esters is 2. The van der Waals surface area contributed by atoms with Gasteiger partial charge in [0.2, 0.25) is 0 Å². The highest BCUT2D eigenvalue weighted by Crippen LogP contribution is 2.46. The Morgan fingerprint density at radius 1 is 1.04 bits per heavy atom. The number of allylic oxidation sites excluding steroid dienone is 3. The van der Waals surface area contributed by atoms with Gasteiger partial charge >= 0.3 is 11.9 Å². The molecule has 0 aromatic heterocycles. The number of ether oxygens (including phenoxy) is 2. The van der Waals surface area contributed by atoms with E-state index in [1.165, 1.54) is 0 Å². The number of hydrogen-bond acceptors (Lipinski definition) is 5. The maximum Gasteiger partial charge on any atom is 0.337 e. The highest BCUT2D eigenvalue weighted by Gasteiger charge is 2.48. The van der Waals surface area contributed by atoms with Crippen LogP contribution in [0.4, 0.5) is 0 Å². The van der Waals surface area contributed by atoms with Crippen LogP contribution >= 0.6 is 0 Å². The second-order valence-corrected chi connectivity index (χ2v) is 5.71. The molecule has 1 aromatic carbocycles. The molecule has 0 N–H and O–H groups in total. The number of nitrogens with zero attached hydrogens (tertiary/aromatic N) is 1. The third kappa shape index (κ3) is 3.09. The van der Waals surface area contributed by atoms with Crippen molar-refractivity contribution in [1.29, 1.82) is 0 Å². The minimum Gasteiger partial charge on any atom is -0.465 e. The zero-order valence-corrected chi connectivity index (χ0v) is 14.3. The van der Waals surface area contributed by atoms with Crippen molar-refractivity contribution < 1.29 is 19.1 Å². The Labute approximate surface area is 147 Å². The number of carbonyl (C=O) groups is 2. The van der Waals surface area contributed by atoms with E-state index in [0.29, 0.717) is 11.3 Å². The van der Waals surface area contributed by atoms with Gasteiger partial charge in [0.1, 0.15) is 5.92 Å². The molecule has 2 unspecified atom stereocenters. The normalized spacial score (nSPS) is 21.3. The maximum absolute atomic E-state index is 12.8. The van der Waals surface area contributed by atoms with Crippen LogP contribution in [-0.4, -0.2) is 30.1 Å². The average Bonchev–Trinajstić information content (AvgIpc) is 2.98. The fourth-order valence-corrected chi connectivity index (χ4v) is 3.33. The molecule has 0 saturated carbocycles.